The fourth-order valence-corrected chi connectivity index (χ4v) is 4.84. The Hall–Kier alpha value is -2.44. The summed E-state index contributed by atoms with van der Waals surface area (Å²) in [4.78, 5) is 0. The molecular formula is C20H21NO5. The number of rotatable bonds is 1. The molecule has 0 aromatic heterocycles. The maximum atomic E-state index is 13.6. The van der Waals surface area contributed by atoms with Gasteiger partial charge in [0.2, 0.25) is 6.79 Å². The molecule has 0 saturated heterocycles. The van der Waals surface area contributed by atoms with E-state index in [0.29, 0.717) is 31.6 Å². The van der Waals surface area contributed by atoms with E-state index in [1.54, 1.807) is 20.2 Å². The second-order valence-electron chi connectivity index (χ2n) is 7.58. The van der Waals surface area contributed by atoms with Gasteiger partial charge in [0.1, 0.15) is 5.54 Å². The van der Waals surface area contributed by atoms with Crippen LogP contribution in [0.4, 0.5) is 0 Å². The first-order valence-electron chi connectivity index (χ1n) is 8.82. The van der Waals surface area contributed by atoms with E-state index in [0.717, 1.165) is 33.8 Å². The lowest BCUT2D eigenvalue weighted by molar-refractivity contribution is -0.924. The minimum Gasteiger partial charge on any atom is -0.632 e. The molecule has 0 amide bonds. The first kappa shape index (κ1) is 15.8. The van der Waals surface area contributed by atoms with Gasteiger partial charge in [-0.15, -0.1) is 0 Å². The van der Waals surface area contributed by atoms with Crippen LogP contribution < -0.4 is 14.2 Å². The van der Waals surface area contributed by atoms with Crippen molar-refractivity contribution in [3.8, 4) is 23.0 Å². The number of methoxy groups -OCH3 is 1. The lowest BCUT2D eigenvalue weighted by Gasteiger charge is -2.56. The number of hydroxylamine groups is 3. The Morgan fingerprint density at radius 1 is 1.19 bits per heavy atom. The largest absolute Gasteiger partial charge is 0.632 e. The number of fused-ring (bicyclic) bond motifs is 5. The number of benzene rings is 2. The van der Waals surface area contributed by atoms with Crippen molar-refractivity contribution in [1.29, 1.82) is 0 Å². The fourth-order valence-electron chi connectivity index (χ4n) is 4.84. The number of phenolic OH excluding ortho intramolecular Hbond substituents is 1. The summed E-state index contributed by atoms with van der Waals surface area (Å²) in [5.41, 5.74) is 3.51. The normalized spacial score (nSPS) is 28.1. The number of likely N-dealkylation sites (N-methyl/N-ethyl adjacent to an activating group) is 1. The molecule has 2 aliphatic heterocycles. The Morgan fingerprint density at radius 3 is 2.85 bits per heavy atom. The van der Waals surface area contributed by atoms with Crippen LogP contribution in [0.2, 0.25) is 0 Å². The van der Waals surface area contributed by atoms with Gasteiger partial charge in [-0.2, -0.15) is 0 Å². The van der Waals surface area contributed by atoms with Gasteiger partial charge in [0, 0.05) is 30.4 Å². The summed E-state index contributed by atoms with van der Waals surface area (Å²) in [6, 6.07) is 7.56. The Labute approximate surface area is 151 Å². The Kier molecular flexibility index (Phi) is 3.07. The summed E-state index contributed by atoms with van der Waals surface area (Å²) in [6.07, 6.45) is 1.87. The van der Waals surface area contributed by atoms with Gasteiger partial charge < -0.3 is 29.2 Å². The zero-order valence-electron chi connectivity index (χ0n) is 14.9. The molecule has 0 radical (unpaired) electrons. The topological polar surface area (TPSA) is 71.0 Å². The number of ether oxygens (including phenoxy) is 3. The van der Waals surface area contributed by atoms with Crippen LogP contribution in [0.15, 0.2) is 24.3 Å². The number of aromatic hydroxyl groups is 1. The molecule has 26 heavy (non-hydrogen) atoms. The minimum absolute atomic E-state index is 0.0771. The van der Waals surface area contributed by atoms with Gasteiger partial charge in [-0.3, -0.25) is 0 Å². The van der Waals surface area contributed by atoms with Crippen LogP contribution in [0.25, 0.3) is 0 Å². The third-order valence-electron chi connectivity index (χ3n) is 6.31. The molecular weight excluding hydrogens is 334 g/mol. The molecule has 6 nitrogen and oxygen atoms in total. The van der Waals surface area contributed by atoms with Crippen molar-refractivity contribution in [2.75, 3.05) is 27.5 Å². The smallest absolute Gasteiger partial charge is 0.231 e. The van der Waals surface area contributed by atoms with Gasteiger partial charge in [-0.05, 0) is 29.3 Å². The molecule has 3 aliphatic rings. The van der Waals surface area contributed by atoms with Crippen LogP contribution in [0.5, 0.6) is 23.0 Å². The van der Waals surface area contributed by atoms with Gasteiger partial charge in [0.05, 0.1) is 20.7 Å². The predicted molar refractivity (Wildman–Crippen MR) is 94.4 cm³/mol. The third kappa shape index (κ3) is 1.88. The highest BCUT2D eigenvalue weighted by molar-refractivity contribution is 5.58. The monoisotopic (exact) mass is 355 g/mol. The fraction of sp³-hybridized carbons (Fsp3) is 0.400. The molecule has 1 N–H and O–H groups in total. The van der Waals surface area contributed by atoms with E-state index in [2.05, 4.69) is 0 Å². The van der Waals surface area contributed by atoms with Gasteiger partial charge in [-0.1, -0.05) is 6.07 Å². The molecule has 2 atom stereocenters. The van der Waals surface area contributed by atoms with Gasteiger partial charge >= 0.3 is 0 Å². The number of hydrogen-bond acceptors (Lipinski definition) is 5. The molecule has 2 aromatic rings. The van der Waals surface area contributed by atoms with Crippen LogP contribution in [0.3, 0.4) is 0 Å². The zero-order valence-corrected chi connectivity index (χ0v) is 14.9. The number of hydrogen-bond donors (Lipinski definition) is 1. The minimum atomic E-state index is -0.666. The van der Waals surface area contributed by atoms with Crippen LogP contribution in [-0.4, -0.2) is 37.2 Å². The number of quaternary nitrogens is 1. The molecule has 0 fully saturated rings. The molecule has 1 spiro atoms. The highest BCUT2D eigenvalue weighted by Gasteiger charge is 2.54. The Bertz CT molecular complexity index is 923. The van der Waals surface area contributed by atoms with Crippen molar-refractivity contribution in [2.45, 2.75) is 24.8 Å². The van der Waals surface area contributed by atoms with Crippen molar-refractivity contribution in [3.63, 3.8) is 0 Å². The van der Waals surface area contributed by atoms with E-state index in [1.807, 2.05) is 18.2 Å². The van der Waals surface area contributed by atoms with Crippen LogP contribution in [-0.2, 0) is 24.8 Å². The Balaban J connectivity index is 1.70. The third-order valence-corrected chi connectivity index (χ3v) is 6.31. The average molecular weight is 355 g/mol. The zero-order chi connectivity index (χ0) is 18.1. The number of nitrogens with zero attached hydrogens (tertiary/aromatic N) is 1. The summed E-state index contributed by atoms with van der Waals surface area (Å²) in [7, 11) is 3.29. The van der Waals surface area contributed by atoms with Crippen LogP contribution in [0.1, 0.15) is 22.3 Å². The maximum Gasteiger partial charge on any atom is 0.231 e. The van der Waals surface area contributed by atoms with Crippen LogP contribution >= 0.6 is 0 Å². The van der Waals surface area contributed by atoms with E-state index >= 15 is 0 Å². The predicted octanol–water partition coefficient (Wildman–Crippen LogP) is 2.62. The van der Waals surface area contributed by atoms with Crippen molar-refractivity contribution < 1.29 is 24.0 Å². The van der Waals surface area contributed by atoms with E-state index in [4.69, 9.17) is 14.2 Å². The van der Waals surface area contributed by atoms with Crippen LogP contribution in [0, 0.1) is 5.21 Å². The second-order valence-corrected chi connectivity index (χ2v) is 7.58. The summed E-state index contributed by atoms with van der Waals surface area (Å²) < 4.78 is 16.1. The molecule has 2 aromatic carbocycles. The molecule has 6 heteroatoms. The SMILES string of the molecule is COc1cc2c(cc1O)[C@]1(Cc3ccc4c(c3C1)OCO4)[N+](C)([O-])CC2. The Morgan fingerprint density at radius 2 is 2.04 bits per heavy atom. The summed E-state index contributed by atoms with van der Waals surface area (Å²) in [5, 5.41) is 24.0. The average Bonchev–Trinajstić information content (AvgIpc) is 3.23. The number of phenols is 1. The van der Waals surface area contributed by atoms with Gasteiger partial charge in [0.15, 0.2) is 23.0 Å². The standard InChI is InChI=1S/C20H21NO5/c1-21(23)6-5-12-7-18(24-2)16(22)8-15(12)20(21)9-13-3-4-17-19(14(13)10-20)26-11-25-17/h3-4,7-8,22H,5-6,9-11H2,1-2H3/t20-,21?/m1/s1. The van der Waals surface area contributed by atoms with E-state index in [1.165, 1.54) is 0 Å². The quantitative estimate of drug-likeness (QED) is 0.629. The summed E-state index contributed by atoms with van der Waals surface area (Å²) in [5.74, 6) is 2.04. The molecule has 136 valence electrons. The maximum absolute atomic E-state index is 13.6. The molecule has 5 rings (SSSR count). The summed E-state index contributed by atoms with van der Waals surface area (Å²) >= 11 is 0. The van der Waals surface area contributed by atoms with E-state index in [9.17, 15) is 10.3 Å². The highest BCUT2D eigenvalue weighted by Crippen LogP contribution is 2.54. The van der Waals surface area contributed by atoms with Crippen molar-refractivity contribution in [1.82, 2.24) is 0 Å². The van der Waals surface area contributed by atoms with E-state index in [-0.39, 0.29) is 17.2 Å². The first-order chi connectivity index (χ1) is 12.4. The molecule has 1 unspecified atom stereocenters. The van der Waals surface area contributed by atoms with Gasteiger partial charge in [0.25, 0.3) is 0 Å². The summed E-state index contributed by atoms with van der Waals surface area (Å²) in [6.45, 7) is 0.714. The molecule has 0 saturated carbocycles. The lowest BCUT2D eigenvalue weighted by atomic mass is 9.77. The molecule has 1 aliphatic carbocycles. The van der Waals surface area contributed by atoms with E-state index < -0.39 is 5.54 Å². The van der Waals surface area contributed by atoms with Crippen molar-refractivity contribution >= 4 is 0 Å². The highest BCUT2D eigenvalue weighted by atomic mass is 16.7. The lowest BCUT2D eigenvalue weighted by Crippen LogP contribution is -2.60. The van der Waals surface area contributed by atoms with Gasteiger partial charge in [-0.25, -0.2) is 0 Å². The molecule has 0 bridgehead atoms. The molecule has 2 heterocycles. The van der Waals surface area contributed by atoms with Crippen molar-refractivity contribution in [3.05, 3.63) is 51.7 Å². The first-order valence-corrected chi connectivity index (χ1v) is 8.82. The second kappa shape index (κ2) is 5.05. The van der Waals surface area contributed by atoms with Crippen molar-refractivity contribution in [2.24, 2.45) is 0 Å².